The molecule has 1 aliphatic rings. The molecule has 1 unspecified atom stereocenters. The standard InChI is InChI=1S/C9H10BrNO2S/c10-8-2-1-6(14-8)5-11-7-3-4-13-9(7)12/h1-2,7,11H,3-5H2. The Hall–Kier alpha value is -0.390. The number of nitrogens with one attached hydrogen (secondary N) is 1. The van der Waals surface area contributed by atoms with E-state index in [2.05, 4.69) is 21.2 Å². The molecule has 2 heterocycles. The van der Waals surface area contributed by atoms with Gasteiger partial charge in [0.15, 0.2) is 0 Å². The molecule has 0 bridgehead atoms. The van der Waals surface area contributed by atoms with Gasteiger partial charge in [0.25, 0.3) is 0 Å². The van der Waals surface area contributed by atoms with Gasteiger partial charge in [-0.3, -0.25) is 10.1 Å². The summed E-state index contributed by atoms with van der Waals surface area (Å²) in [6.07, 6.45) is 0.783. The SMILES string of the molecule is O=C1OCCC1NCc1ccc(Br)s1. The molecule has 1 aromatic rings. The summed E-state index contributed by atoms with van der Waals surface area (Å²) in [7, 11) is 0. The number of esters is 1. The van der Waals surface area contributed by atoms with Crippen LogP contribution in [0.2, 0.25) is 0 Å². The van der Waals surface area contributed by atoms with Gasteiger partial charge in [-0.2, -0.15) is 0 Å². The van der Waals surface area contributed by atoms with Crippen molar-refractivity contribution in [2.45, 2.75) is 19.0 Å². The third-order valence-electron chi connectivity index (χ3n) is 2.09. The molecule has 5 heteroatoms. The van der Waals surface area contributed by atoms with Crippen molar-refractivity contribution in [1.82, 2.24) is 5.32 Å². The summed E-state index contributed by atoms with van der Waals surface area (Å²) in [6.45, 7) is 1.28. The van der Waals surface area contributed by atoms with E-state index in [0.717, 1.165) is 16.8 Å². The van der Waals surface area contributed by atoms with Gasteiger partial charge >= 0.3 is 5.97 Å². The molecule has 0 saturated carbocycles. The van der Waals surface area contributed by atoms with Crippen LogP contribution < -0.4 is 5.32 Å². The van der Waals surface area contributed by atoms with Crippen molar-refractivity contribution in [3.8, 4) is 0 Å². The first-order valence-corrected chi connectivity index (χ1v) is 6.01. The van der Waals surface area contributed by atoms with E-state index in [1.165, 1.54) is 4.88 Å². The number of carbonyl (C=O) groups is 1. The minimum Gasteiger partial charge on any atom is -0.464 e. The molecule has 0 aromatic carbocycles. The van der Waals surface area contributed by atoms with E-state index in [4.69, 9.17) is 4.74 Å². The Morgan fingerprint density at radius 2 is 2.50 bits per heavy atom. The number of carbonyl (C=O) groups excluding carboxylic acids is 1. The second-order valence-corrected chi connectivity index (χ2v) is 5.64. The number of cyclic esters (lactones) is 1. The highest BCUT2D eigenvalue weighted by Crippen LogP contribution is 2.22. The van der Waals surface area contributed by atoms with Gasteiger partial charge in [0.05, 0.1) is 10.4 Å². The van der Waals surface area contributed by atoms with Crippen molar-refractivity contribution in [2.75, 3.05) is 6.61 Å². The first-order chi connectivity index (χ1) is 6.75. The minimum atomic E-state index is -0.124. The first-order valence-electron chi connectivity index (χ1n) is 4.40. The largest absolute Gasteiger partial charge is 0.464 e. The number of rotatable bonds is 3. The maximum absolute atomic E-state index is 11.1. The van der Waals surface area contributed by atoms with Gasteiger partial charge in [0.1, 0.15) is 6.04 Å². The van der Waals surface area contributed by atoms with Gasteiger partial charge in [-0.05, 0) is 28.1 Å². The van der Waals surface area contributed by atoms with Crippen LogP contribution in [-0.2, 0) is 16.1 Å². The van der Waals surface area contributed by atoms with Gasteiger partial charge in [-0.25, -0.2) is 0 Å². The number of hydrogen-bond donors (Lipinski definition) is 1. The summed E-state index contributed by atoms with van der Waals surface area (Å²) in [5, 5.41) is 3.18. The maximum atomic E-state index is 11.1. The molecule has 76 valence electrons. The number of thiophene rings is 1. The van der Waals surface area contributed by atoms with Gasteiger partial charge in [-0.1, -0.05) is 0 Å². The van der Waals surface area contributed by atoms with E-state index in [-0.39, 0.29) is 12.0 Å². The van der Waals surface area contributed by atoms with Crippen LogP contribution in [0.1, 0.15) is 11.3 Å². The Bertz CT molecular complexity index is 339. The zero-order valence-electron chi connectivity index (χ0n) is 7.46. The summed E-state index contributed by atoms with van der Waals surface area (Å²) in [5.41, 5.74) is 0. The van der Waals surface area contributed by atoms with E-state index in [9.17, 15) is 4.79 Å². The highest BCUT2D eigenvalue weighted by Gasteiger charge is 2.25. The molecule has 0 amide bonds. The molecule has 1 N–H and O–H groups in total. The van der Waals surface area contributed by atoms with Gasteiger partial charge < -0.3 is 4.74 Å². The molecule has 14 heavy (non-hydrogen) atoms. The van der Waals surface area contributed by atoms with Crippen LogP contribution in [0.4, 0.5) is 0 Å². The smallest absolute Gasteiger partial charge is 0.323 e. The second-order valence-electron chi connectivity index (χ2n) is 3.10. The molecular formula is C9H10BrNO2S. The monoisotopic (exact) mass is 275 g/mol. The molecule has 1 aromatic heterocycles. The van der Waals surface area contributed by atoms with Gasteiger partial charge in [0, 0.05) is 17.8 Å². The Labute approximate surface area is 94.6 Å². The lowest BCUT2D eigenvalue weighted by Gasteiger charge is -2.06. The van der Waals surface area contributed by atoms with Crippen molar-refractivity contribution >= 4 is 33.2 Å². The lowest BCUT2D eigenvalue weighted by molar-refractivity contribution is -0.139. The first kappa shape index (κ1) is 10.1. The summed E-state index contributed by atoms with van der Waals surface area (Å²) < 4.78 is 5.97. The van der Waals surface area contributed by atoms with Crippen molar-refractivity contribution in [3.63, 3.8) is 0 Å². The summed E-state index contributed by atoms with van der Waals surface area (Å²) in [4.78, 5) is 12.3. The van der Waals surface area contributed by atoms with Crippen molar-refractivity contribution in [2.24, 2.45) is 0 Å². The average molecular weight is 276 g/mol. The van der Waals surface area contributed by atoms with Crippen LogP contribution >= 0.6 is 27.3 Å². The third-order valence-corrected chi connectivity index (χ3v) is 3.71. The fourth-order valence-corrected chi connectivity index (χ4v) is 2.79. The number of ether oxygens (including phenoxy) is 1. The molecule has 0 aliphatic carbocycles. The Balaban J connectivity index is 1.85. The van der Waals surface area contributed by atoms with Crippen LogP contribution in [0, 0.1) is 0 Å². The predicted molar refractivity (Wildman–Crippen MR) is 58.2 cm³/mol. The number of halogens is 1. The lowest BCUT2D eigenvalue weighted by Crippen LogP contribution is -2.32. The fourth-order valence-electron chi connectivity index (χ4n) is 1.35. The topological polar surface area (TPSA) is 38.3 Å². The molecule has 1 saturated heterocycles. The van der Waals surface area contributed by atoms with Crippen LogP contribution in [-0.4, -0.2) is 18.6 Å². The molecule has 0 radical (unpaired) electrons. The molecule has 0 spiro atoms. The second kappa shape index (κ2) is 4.42. The predicted octanol–water partition coefficient (Wildman–Crippen LogP) is 1.92. The zero-order valence-corrected chi connectivity index (χ0v) is 9.86. The van der Waals surface area contributed by atoms with Gasteiger partial charge in [-0.15, -0.1) is 11.3 Å². The van der Waals surface area contributed by atoms with E-state index in [0.29, 0.717) is 6.61 Å². The van der Waals surface area contributed by atoms with E-state index in [1.807, 2.05) is 12.1 Å². The Kier molecular flexibility index (Phi) is 3.20. The molecule has 1 fully saturated rings. The molecule has 2 rings (SSSR count). The van der Waals surface area contributed by atoms with E-state index in [1.54, 1.807) is 11.3 Å². The molecular weight excluding hydrogens is 266 g/mol. The third kappa shape index (κ3) is 2.34. The Morgan fingerprint density at radius 3 is 3.07 bits per heavy atom. The van der Waals surface area contributed by atoms with E-state index < -0.39 is 0 Å². The summed E-state index contributed by atoms with van der Waals surface area (Å²) in [6, 6.07) is 3.94. The maximum Gasteiger partial charge on any atom is 0.323 e. The average Bonchev–Trinajstić information content (AvgIpc) is 2.72. The lowest BCUT2D eigenvalue weighted by atomic mass is 10.2. The molecule has 3 nitrogen and oxygen atoms in total. The Morgan fingerprint density at radius 1 is 1.64 bits per heavy atom. The highest BCUT2D eigenvalue weighted by molar-refractivity contribution is 9.11. The van der Waals surface area contributed by atoms with Crippen LogP contribution in [0.15, 0.2) is 15.9 Å². The van der Waals surface area contributed by atoms with Gasteiger partial charge in [0.2, 0.25) is 0 Å². The normalized spacial score (nSPS) is 21.2. The minimum absolute atomic E-state index is 0.115. The van der Waals surface area contributed by atoms with Crippen LogP contribution in [0.3, 0.4) is 0 Å². The highest BCUT2D eigenvalue weighted by atomic mass is 79.9. The van der Waals surface area contributed by atoms with Crippen LogP contribution in [0.5, 0.6) is 0 Å². The summed E-state index contributed by atoms with van der Waals surface area (Å²) in [5.74, 6) is -0.124. The molecule has 1 atom stereocenters. The van der Waals surface area contributed by atoms with Crippen molar-refractivity contribution < 1.29 is 9.53 Å². The summed E-state index contributed by atoms with van der Waals surface area (Å²) >= 11 is 5.07. The fraction of sp³-hybridized carbons (Fsp3) is 0.444. The molecule has 1 aliphatic heterocycles. The van der Waals surface area contributed by atoms with E-state index >= 15 is 0 Å². The van der Waals surface area contributed by atoms with Crippen molar-refractivity contribution in [1.29, 1.82) is 0 Å². The van der Waals surface area contributed by atoms with Crippen LogP contribution in [0.25, 0.3) is 0 Å². The number of hydrogen-bond acceptors (Lipinski definition) is 4. The quantitative estimate of drug-likeness (QED) is 0.857. The zero-order chi connectivity index (χ0) is 9.97. The van der Waals surface area contributed by atoms with Crippen molar-refractivity contribution in [3.05, 3.63) is 20.8 Å².